The normalized spacial score (nSPS) is 29.9. The predicted molar refractivity (Wildman–Crippen MR) is 63.4 cm³/mol. The van der Waals surface area contributed by atoms with Gasteiger partial charge in [-0.1, -0.05) is 25.8 Å². The van der Waals surface area contributed by atoms with Gasteiger partial charge in [-0.2, -0.15) is 0 Å². The Labute approximate surface area is 97.5 Å². The van der Waals surface area contributed by atoms with Gasteiger partial charge in [0.25, 0.3) is 0 Å². The van der Waals surface area contributed by atoms with Crippen molar-refractivity contribution in [3.05, 3.63) is 12.7 Å². The van der Waals surface area contributed by atoms with Crippen molar-refractivity contribution in [3.8, 4) is 0 Å². The molecule has 0 aromatic carbocycles. The van der Waals surface area contributed by atoms with Crippen LogP contribution in [-0.4, -0.2) is 23.3 Å². The lowest BCUT2D eigenvalue weighted by molar-refractivity contribution is -0.170. The topological polar surface area (TPSA) is 46.5 Å². The van der Waals surface area contributed by atoms with E-state index in [0.29, 0.717) is 25.4 Å². The van der Waals surface area contributed by atoms with E-state index in [1.165, 1.54) is 12.8 Å². The SMILES string of the molecule is C=CCOC1(C(=O)O)CCC(CCC)CC1. The fourth-order valence-electron chi connectivity index (χ4n) is 2.48. The van der Waals surface area contributed by atoms with Gasteiger partial charge in [0.05, 0.1) is 6.61 Å². The van der Waals surface area contributed by atoms with E-state index in [1.807, 2.05) is 0 Å². The molecular formula is C13H22O3. The summed E-state index contributed by atoms with van der Waals surface area (Å²) in [6.07, 6.45) is 7.22. The van der Waals surface area contributed by atoms with Crippen LogP contribution in [-0.2, 0) is 9.53 Å². The van der Waals surface area contributed by atoms with Crippen molar-refractivity contribution in [1.29, 1.82) is 0 Å². The van der Waals surface area contributed by atoms with Crippen LogP contribution in [0.25, 0.3) is 0 Å². The molecule has 1 aliphatic carbocycles. The van der Waals surface area contributed by atoms with Crippen LogP contribution in [0.1, 0.15) is 45.4 Å². The number of carboxylic acids is 1. The molecular weight excluding hydrogens is 204 g/mol. The van der Waals surface area contributed by atoms with Crippen LogP contribution < -0.4 is 0 Å². The molecule has 3 heteroatoms. The maximum atomic E-state index is 11.3. The zero-order valence-corrected chi connectivity index (χ0v) is 10.1. The van der Waals surface area contributed by atoms with Gasteiger partial charge in [-0.25, -0.2) is 4.79 Å². The minimum Gasteiger partial charge on any atom is -0.479 e. The molecule has 16 heavy (non-hydrogen) atoms. The molecule has 0 heterocycles. The molecule has 0 saturated heterocycles. The first-order valence-electron chi connectivity index (χ1n) is 6.13. The standard InChI is InChI=1S/C13H22O3/c1-3-5-11-6-8-13(9-7-11,12(14)15)16-10-4-2/h4,11H,2-3,5-10H2,1H3,(H,14,15). The number of hydrogen-bond acceptors (Lipinski definition) is 2. The van der Waals surface area contributed by atoms with Crippen molar-refractivity contribution >= 4 is 5.97 Å². The third kappa shape index (κ3) is 3.08. The monoisotopic (exact) mass is 226 g/mol. The van der Waals surface area contributed by atoms with E-state index in [-0.39, 0.29) is 0 Å². The summed E-state index contributed by atoms with van der Waals surface area (Å²) in [5.41, 5.74) is -0.946. The van der Waals surface area contributed by atoms with Gasteiger partial charge in [-0.05, 0) is 31.6 Å². The Bertz CT molecular complexity index is 240. The minimum absolute atomic E-state index is 0.324. The van der Waals surface area contributed by atoms with Gasteiger partial charge in [-0.15, -0.1) is 6.58 Å². The van der Waals surface area contributed by atoms with Crippen molar-refractivity contribution in [2.75, 3.05) is 6.61 Å². The van der Waals surface area contributed by atoms with Crippen LogP contribution in [0.5, 0.6) is 0 Å². The summed E-state index contributed by atoms with van der Waals surface area (Å²) in [5.74, 6) is -0.130. The van der Waals surface area contributed by atoms with Gasteiger partial charge in [0.15, 0.2) is 5.60 Å². The minimum atomic E-state index is -0.946. The molecule has 1 N–H and O–H groups in total. The van der Waals surface area contributed by atoms with E-state index in [9.17, 15) is 9.90 Å². The molecule has 0 bridgehead atoms. The van der Waals surface area contributed by atoms with Crippen LogP contribution in [0.15, 0.2) is 12.7 Å². The lowest BCUT2D eigenvalue weighted by Gasteiger charge is -2.36. The molecule has 0 amide bonds. The van der Waals surface area contributed by atoms with E-state index >= 15 is 0 Å². The van der Waals surface area contributed by atoms with E-state index in [0.717, 1.165) is 12.8 Å². The number of carbonyl (C=O) groups is 1. The van der Waals surface area contributed by atoms with Crippen LogP contribution in [0.4, 0.5) is 0 Å². The number of ether oxygens (including phenoxy) is 1. The molecule has 0 aliphatic heterocycles. The lowest BCUT2D eigenvalue weighted by atomic mass is 9.77. The number of rotatable bonds is 6. The Morgan fingerprint density at radius 1 is 1.56 bits per heavy atom. The summed E-state index contributed by atoms with van der Waals surface area (Å²) in [6, 6.07) is 0. The first kappa shape index (κ1) is 13.2. The Hall–Kier alpha value is -0.830. The fourth-order valence-corrected chi connectivity index (χ4v) is 2.48. The van der Waals surface area contributed by atoms with Gasteiger partial charge in [0, 0.05) is 0 Å². The van der Waals surface area contributed by atoms with E-state index in [2.05, 4.69) is 13.5 Å². The van der Waals surface area contributed by atoms with E-state index in [4.69, 9.17) is 4.74 Å². The Balaban J connectivity index is 2.55. The third-order valence-electron chi connectivity index (χ3n) is 3.48. The highest BCUT2D eigenvalue weighted by Crippen LogP contribution is 2.37. The Morgan fingerprint density at radius 2 is 2.19 bits per heavy atom. The zero-order chi connectivity index (χ0) is 12.0. The molecule has 0 spiro atoms. The number of carboxylic acid groups (broad SMARTS) is 1. The molecule has 0 unspecified atom stereocenters. The average Bonchev–Trinajstić information content (AvgIpc) is 2.28. The van der Waals surface area contributed by atoms with E-state index < -0.39 is 11.6 Å². The fraction of sp³-hybridized carbons (Fsp3) is 0.769. The smallest absolute Gasteiger partial charge is 0.335 e. The van der Waals surface area contributed by atoms with Crippen molar-refractivity contribution in [3.63, 3.8) is 0 Å². The zero-order valence-electron chi connectivity index (χ0n) is 10.1. The summed E-state index contributed by atoms with van der Waals surface area (Å²) in [7, 11) is 0. The van der Waals surface area contributed by atoms with Crippen molar-refractivity contribution in [1.82, 2.24) is 0 Å². The third-order valence-corrected chi connectivity index (χ3v) is 3.48. The quantitative estimate of drug-likeness (QED) is 0.708. The highest BCUT2D eigenvalue weighted by Gasteiger charge is 2.42. The summed E-state index contributed by atoms with van der Waals surface area (Å²) < 4.78 is 5.49. The van der Waals surface area contributed by atoms with Crippen LogP contribution >= 0.6 is 0 Å². The van der Waals surface area contributed by atoms with Crippen molar-refractivity contribution in [2.45, 2.75) is 51.0 Å². The molecule has 1 aliphatic rings. The van der Waals surface area contributed by atoms with Crippen LogP contribution in [0.3, 0.4) is 0 Å². The van der Waals surface area contributed by atoms with Gasteiger partial charge in [0.1, 0.15) is 0 Å². The van der Waals surface area contributed by atoms with E-state index in [1.54, 1.807) is 6.08 Å². The van der Waals surface area contributed by atoms with Gasteiger partial charge in [0.2, 0.25) is 0 Å². The van der Waals surface area contributed by atoms with Crippen molar-refractivity contribution in [2.24, 2.45) is 5.92 Å². The maximum Gasteiger partial charge on any atom is 0.335 e. The highest BCUT2D eigenvalue weighted by atomic mass is 16.5. The van der Waals surface area contributed by atoms with Crippen molar-refractivity contribution < 1.29 is 14.6 Å². The molecule has 1 rings (SSSR count). The predicted octanol–water partition coefficient (Wildman–Crippen LogP) is 3.00. The molecule has 1 fully saturated rings. The second-order valence-corrected chi connectivity index (χ2v) is 4.63. The Morgan fingerprint density at radius 3 is 2.62 bits per heavy atom. The molecule has 0 atom stereocenters. The maximum absolute atomic E-state index is 11.3. The highest BCUT2D eigenvalue weighted by molar-refractivity contribution is 5.77. The first-order valence-corrected chi connectivity index (χ1v) is 6.13. The van der Waals surface area contributed by atoms with Crippen LogP contribution in [0, 0.1) is 5.92 Å². The summed E-state index contributed by atoms with van der Waals surface area (Å²) in [4.78, 5) is 11.3. The molecule has 3 nitrogen and oxygen atoms in total. The molecule has 0 radical (unpaired) electrons. The van der Waals surface area contributed by atoms with Gasteiger partial charge < -0.3 is 9.84 Å². The van der Waals surface area contributed by atoms with Gasteiger partial charge >= 0.3 is 5.97 Å². The molecule has 1 saturated carbocycles. The van der Waals surface area contributed by atoms with Crippen LogP contribution in [0.2, 0.25) is 0 Å². The number of aliphatic carboxylic acids is 1. The van der Waals surface area contributed by atoms with Gasteiger partial charge in [-0.3, -0.25) is 0 Å². The second kappa shape index (κ2) is 6.04. The summed E-state index contributed by atoms with van der Waals surface area (Å²) in [6.45, 7) is 6.06. The summed E-state index contributed by atoms with van der Waals surface area (Å²) >= 11 is 0. The average molecular weight is 226 g/mol. The Kier molecular flexibility index (Phi) is 5.00. The molecule has 0 aromatic rings. The molecule has 92 valence electrons. The largest absolute Gasteiger partial charge is 0.479 e. The number of hydrogen-bond donors (Lipinski definition) is 1. The second-order valence-electron chi connectivity index (χ2n) is 4.63. The first-order chi connectivity index (χ1) is 7.64. The lowest BCUT2D eigenvalue weighted by Crippen LogP contribution is -2.44. The summed E-state index contributed by atoms with van der Waals surface area (Å²) in [5, 5.41) is 9.27. The molecule has 0 aromatic heterocycles.